The fourth-order valence-corrected chi connectivity index (χ4v) is 3.06. The minimum absolute atomic E-state index is 0.0447. The Hall–Kier alpha value is -3.99. The average Bonchev–Trinajstić information content (AvgIpc) is 2.82. The summed E-state index contributed by atoms with van der Waals surface area (Å²) in [6, 6.07) is 10.1. The summed E-state index contributed by atoms with van der Waals surface area (Å²) >= 11 is 6.28. The molecule has 1 aromatic heterocycles. The number of rotatable bonds is 8. The summed E-state index contributed by atoms with van der Waals surface area (Å²) in [5.74, 6) is 0.188. The number of hydrazine groups is 1. The normalized spacial score (nSPS) is 10.9. The molecule has 8 nitrogen and oxygen atoms in total. The number of methoxy groups -OCH3 is 1. The van der Waals surface area contributed by atoms with Gasteiger partial charge in [0.05, 0.1) is 23.4 Å². The van der Waals surface area contributed by atoms with Crippen molar-refractivity contribution in [2.45, 2.75) is 6.18 Å². The van der Waals surface area contributed by atoms with E-state index in [0.717, 1.165) is 23.2 Å². The van der Waals surface area contributed by atoms with E-state index < -0.39 is 17.6 Å². The minimum Gasteiger partial charge on any atom is -0.494 e. The van der Waals surface area contributed by atoms with Crippen molar-refractivity contribution in [3.05, 3.63) is 71.0 Å². The van der Waals surface area contributed by atoms with Crippen LogP contribution in [0.3, 0.4) is 0 Å². The summed E-state index contributed by atoms with van der Waals surface area (Å²) in [4.78, 5) is 27.3. The van der Waals surface area contributed by atoms with Gasteiger partial charge in [0.15, 0.2) is 0 Å². The topological polar surface area (TPSA) is 92.8 Å². The number of alkyl halides is 3. The highest BCUT2D eigenvalue weighted by Gasteiger charge is 2.32. The Kier molecular flexibility index (Phi) is 7.47. The van der Waals surface area contributed by atoms with Crippen LogP contribution in [0.25, 0.3) is 0 Å². The predicted molar refractivity (Wildman–Crippen MR) is 119 cm³/mol. The predicted octanol–water partition coefficient (Wildman–Crippen LogP) is 4.90. The zero-order chi connectivity index (χ0) is 24.9. The van der Waals surface area contributed by atoms with Gasteiger partial charge in [0.25, 0.3) is 5.91 Å². The van der Waals surface area contributed by atoms with E-state index in [4.69, 9.17) is 21.1 Å². The third kappa shape index (κ3) is 5.67. The molecule has 0 saturated heterocycles. The number of pyridine rings is 1. The van der Waals surface area contributed by atoms with Gasteiger partial charge in [0, 0.05) is 19.3 Å². The molecule has 0 saturated carbocycles. The summed E-state index contributed by atoms with van der Waals surface area (Å²) in [7, 11) is 2.74. The number of nitrogens with zero attached hydrogens (tertiary/aromatic N) is 2. The highest BCUT2D eigenvalue weighted by Crippen LogP contribution is 2.37. The van der Waals surface area contributed by atoms with Crippen LogP contribution in [0, 0.1) is 0 Å². The molecule has 0 fully saturated rings. The second-order valence-corrected chi connectivity index (χ2v) is 7.08. The molecule has 0 radical (unpaired) electrons. The van der Waals surface area contributed by atoms with Crippen LogP contribution in [0.4, 0.5) is 24.5 Å². The Bertz CT molecular complexity index is 1210. The average molecular weight is 495 g/mol. The lowest BCUT2D eigenvalue weighted by Gasteiger charge is -2.23. The van der Waals surface area contributed by atoms with Crippen molar-refractivity contribution in [3.8, 4) is 17.2 Å². The SMILES string of the molecule is CNC(=O)c1cc(Oc2ccc(NN(C=O)c3cc(C(F)(F)F)ccc3OC)cc2Cl)ccn1. The lowest BCUT2D eigenvalue weighted by Crippen LogP contribution is -2.29. The van der Waals surface area contributed by atoms with Gasteiger partial charge in [-0.15, -0.1) is 0 Å². The fraction of sp³-hybridized carbons (Fsp3) is 0.136. The fourth-order valence-electron chi connectivity index (χ4n) is 2.84. The molecule has 0 aliphatic heterocycles. The number of hydrogen-bond acceptors (Lipinski definition) is 6. The van der Waals surface area contributed by atoms with Crippen molar-refractivity contribution in [3.63, 3.8) is 0 Å². The van der Waals surface area contributed by atoms with Crippen molar-refractivity contribution in [2.24, 2.45) is 0 Å². The standard InChI is InChI=1S/C22H18ClF3N4O4/c1-27-21(32)17-11-15(7-8-28-17)34-19-6-4-14(10-16(19)23)29-30(12-31)18-9-13(22(24,25)26)3-5-20(18)33-2/h3-12,29H,1-2H3,(H,27,32). The maximum absolute atomic E-state index is 13.1. The van der Waals surface area contributed by atoms with Crippen molar-refractivity contribution < 1.29 is 32.2 Å². The Balaban J connectivity index is 1.84. The van der Waals surface area contributed by atoms with Gasteiger partial charge in [0.1, 0.15) is 28.6 Å². The quantitative estimate of drug-likeness (QED) is 0.342. The van der Waals surface area contributed by atoms with Gasteiger partial charge in [0.2, 0.25) is 6.41 Å². The number of benzene rings is 2. The Morgan fingerprint density at radius 1 is 1.12 bits per heavy atom. The number of carbonyl (C=O) groups is 2. The van der Waals surface area contributed by atoms with Crippen LogP contribution in [0.1, 0.15) is 16.1 Å². The van der Waals surface area contributed by atoms with Crippen LogP contribution >= 0.6 is 11.6 Å². The highest BCUT2D eigenvalue weighted by molar-refractivity contribution is 6.32. The zero-order valence-corrected chi connectivity index (χ0v) is 18.6. The third-order valence-corrected chi connectivity index (χ3v) is 4.77. The molecular formula is C22H18ClF3N4O4. The molecule has 2 aromatic carbocycles. The molecule has 0 atom stereocenters. The van der Waals surface area contributed by atoms with Crippen LogP contribution in [0.2, 0.25) is 5.02 Å². The molecule has 3 aromatic rings. The summed E-state index contributed by atoms with van der Waals surface area (Å²) in [5.41, 5.74) is 2.00. The van der Waals surface area contributed by atoms with Gasteiger partial charge >= 0.3 is 6.18 Å². The number of halogens is 4. The van der Waals surface area contributed by atoms with E-state index in [9.17, 15) is 22.8 Å². The van der Waals surface area contributed by atoms with Crippen LogP contribution in [0.5, 0.6) is 17.2 Å². The number of nitrogens with one attached hydrogen (secondary N) is 2. The van der Waals surface area contributed by atoms with Gasteiger partial charge in [-0.1, -0.05) is 11.6 Å². The van der Waals surface area contributed by atoms with Crippen LogP contribution < -0.4 is 25.2 Å². The molecule has 1 heterocycles. The van der Waals surface area contributed by atoms with E-state index in [1.807, 2.05) is 0 Å². The first kappa shape index (κ1) is 24.6. The molecule has 34 heavy (non-hydrogen) atoms. The molecule has 0 bridgehead atoms. The summed E-state index contributed by atoms with van der Waals surface area (Å²) in [6.07, 6.45) is -2.91. The number of ether oxygens (including phenoxy) is 2. The molecule has 0 spiro atoms. The van der Waals surface area contributed by atoms with Crippen LogP contribution in [0.15, 0.2) is 54.7 Å². The third-order valence-electron chi connectivity index (χ3n) is 4.47. The maximum Gasteiger partial charge on any atom is 0.416 e. The molecule has 0 aliphatic rings. The molecule has 2 N–H and O–H groups in total. The van der Waals surface area contributed by atoms with Crippen LogP contribution in [-0.4, -0.2) is 31.5 Å². The number of anilines is 2. The minimum atomic E-state index is -4.61. The van der Waals surface area contributed by atoms with E-state index in [1.165, 1.54) is 50.7 Å². The first-order chi connectivity index (χ1) is 16.2. The van der Waals surface area contributed by atoms with E-state index in [0.29, 0.717) is 12.2 Å². The molecule has 3 rings (SSSR count). The molecule has 0 unspecified atom stereocenters. The monoisotopic (exact) mass is 494 g/mol. The lowest BCUT2D eigenvalue weighted by atomic mass is 10.1. The Labute approximate surface area is 197 Å². The maximum atomic E-state index is 13.1. The number of aromatic nitrogens is 1. The number of carbonyl (C=O) groups excluding carboxylic acids is 2. The van der Waals surface area contributed by atoms with Gasteiger partial charge < -0.3 is 14.8 Å². The smallest absolute Gasteiger partial charge is 0.416 e. The Morgan fingerprint density at radius 2 is 1.85 bits per heavy atom. The van der Waals surface area contributed by atoms with E-state index in [-0.39, 0.29) is 33.6 Å². The molecule has 12 heteroatoms. The second-order valence-electron chi connectivity index (χ2n) is 6.67. The Morgan fingerprint density at radius 3 is 2.47 bits per heavy atom. The van der Waals surface area contributed by atoms with Gasteiger partial charge in [-0.25, -0.2) is 5.01 Å². The van der Waals surface area contributed by atoms with Crippen molar-refractivity contribution in [2.75, 3.05) is 24.6 Å². The molecule has 0 aliphatic carbocycles. The lowest BCUT2D eigenvalue weighted by molar-refractivity contribution is -0.137. The molecule has 2 amide bonds. The van der Waals surface area contributed by atoms with Crippen LogP contribution in [-0.2, 0) is 11.0 Å². The first-order valence-corrected chi connectivity index (χ1v) is 9.96. The van der Waals surface area contributed by atoms with Crippen molar-refractivity contribution in [1.82, 2.24) is 10.3 Å². The van der Waals surface area contributed by atoms with Gasteiger partial charge in [-0.3, -0.25) is 20.0 Å². The summed E-state index contributed by atoms with van der Waals surface area (Å²) in [5, 5.41) is 3.41. The zero-order valence-electron chi connectivity index (χ0n) is 17.8. The largest absolute Gasteiger partial charge is 0.494 e. The first-order valence-electron chi connectivity index (χ1n) is 9.58. The summed E-state index contributed by atoms with van der Waals surface area (Å²) in [6.45, 7) is 0. The summed E-state index contributed by atoms with van der Waals surface area (Å²) < 4.78 is 50.2. The molecular weight excluding hydrogens is 477 g/mol. The molecule has 178 valence electrons. The van der Waals surface area contributed by atoms with Gasteiger partial charge in [-0.2, -0.15) is 13.2 Å². The number of hydrogen-bond donors (Lipinski definition) is 2. The number of amides is 2. The van der Waals surface area contributed by atoms with Gasteiger partial charge in [-0.05, 0) is 42.5 Å². The van der Waals surface area contributed by atoms with E-state index >= 15 is 0 Å². The highest BCUT2D eigenvalue weighted by atomic mass is 35.5. The van der Waals surface area contributed by atoms with E-state index in [1.54, 1.807) is 0 Å². The van der Waals surface area contributed by atoms with E-state index in [2.05, 4.69) is 15.7 Å². The van der Waals surface area contributed by atoms with Crippen molar-refractivity contribution in [1.29, 1.82) is 0 Å². The second kappa shape index (κ2) is 10.3. The van der Waals surface area contributed by atoms with Crippen molar-refractivity contribution >= 4 is 35.3 Å².